The predicted molar refractivity (Wildman–Crippen MR) is 82.3 cm³/mol. The van der Waals surface area contributed by atoms with Crippen molar-refractivity contribution in [1.29, 1.82) is 0 Å². The van der Waals surface area contributed by atoms with Gasteiger partial charge in [0.05, 0.1) is 12.6 Å². The third-order valence-electron chi connectivity index (χ3n) is 4.14. The van der Waals surface area contributed by atoms with Crippen LogP contribution >= 0.6 is 15.9 Å². The molecule has 20 heavy (non-hydrogen) atoms. The minimum Gasteiger partial charge on any atom is -0.493 e. The fourth-order valence-corrected chi connectivity index (χ4v) is 3.64. The zero-order chi connectivity index (χ0) is 13.9. The van der Waals surface area contributed by atoms with Crippen molar-refractivity contribution in [3.8, 4) is 5.75 Å². The highest BCUT2D eigenvalue weighted by Crippen LogP contribution is 2.33. The molecule has 108 valence electrons. The number of rotatable bonds is 3. The van der Waals surface area contributed by atoms with E-state index in [1.165, 1.54) is 18.4 Å². The first-order chi connectivity index (χ1) is 9.74. The lowest BCUT2D eigenvalue weighted by atomic mass is 9.98. The molecule has 0 bridgehead atoms. The average Bonchev–Trinajstić information content (AvgIpc) is 2.72. The smallest absolute Gasteiger partial charge is 0.154 e. The summed E-state index contributed by atoms with van der Waals surface area (Å²) in [5, 5.41) is 3.38. The number of carbonyl (C=O) groups is 1. The molecule has 3 rings (SSSR count). The first-order valence-electron chi connectivity index (χ1n) is 7.44. The number of halogens is 1. The molecule has 2 aliphatic rings. The van der Waals surface area contributed by atoms with Gasteiger partial charge in [-0.3, -0.25) is 4.79 Å². The van der Waals surface area contributed by atoms with Gasteiger partial charge in [-0.1, -0.05) is 28.8 Å². The molecule has 0 spiro atoms. The first kappa shape index (κ1) is 14.1. The molecule has 1 aromatic rings. The van der Waals surface area contributed by atoms with E-state index in [0.29, 0.717) is 12.2 Å². The number of nitrogens with one attached hydrogen (secondary N) is 1. The van der Waals surface area contributed by atoms with Gasteiger partial charge in [-0.25, -0.2) is 0 Å². The first-order valence-corrected chi connectivity index (χ1v) is 8.23. The summed E-state index contributed by atoms with van der Waals surface area (Å²) >= 11 is 3.53. The minimum absolute atomic E-state index is 0.0218. The van der Waals surface area contributed by atoms with Gasteiger partial charge in [-0.05, 0) is 37.1 Å². The summed E-state index contributed by atoms with van der Waals surface area (Å²) in [4.78, 5) is 12.5. The molecule has 1 aromatic carbocycles. The van der Waals surface area contributed by atoms with Crippen molar-refractivity contribution in [2.24, 2.45) is 0 Å². The van der Waals surface area contributed by atoms with Crippen LogP contribution in [0.15, 0.2) is 16.6 Å². The van der Waals surface area contributed by atoms with Crippen LogP contribution in [0, 0.1) is 0 Å². The summed E-state index contributed by atoms with van der Waals surface area (Å²) in [5.41, 5.74) is 2.25. The zero-order valence-corrected chi connectivity index (χ0v) is 13.2. The quantitative estimate of drug-likeness (QED) is 0.921. The minimum atomic E-state index is 0.0218. The van der Waals surface area contributed by atoms with E-state index in [2.05, 4.69) is 27.3 Å². The largest absolute Gasteiger partial charge is 0.493 e. The van der Waals surface area contributed by atoms with Gasteiger partial charge in [-0.2, -0.15) is 0 Å². The molecule has 1 atom stereocenters. The van der Waals surface area contributed by atoms with Crippen LogP contribution in [0.2, 0.25) is 0 Å². The molecule has 1 N–H and O–H groups in total. The van der Waals surface area contributed by atoms with E-state index >= 15 is 0 Å². The van der Waals surface area contributed by atoms with Crippen molar-refractivity contribution in [3.05, 3.63) is 27.7 Å². The van der Waals surface area contributed by atoms with E-state index in [9.17, 15) is 4.79 Å². The number of ether oxygens (including phenoxy) is 1. The summed E-state index contributed by atoms with van der Waals surface area (Å²) in [6.45, 7) is 1.69. The Morgan fingerprint density at radius 2 is 2.25 bits per heavy atom. The molecule has 1 saturated heterocycles. The Morgan fingerprint density at radius 3 is 3.15 bits per heavy atom. The molecular formula is C16H20BrNO2. The maximum Gasteiger partial charge on any atom is 0.154 e. The summed E-state index contributed by atoms with van der Waals surface area (Å²) < 4.78 is 6.74. The number of Topliss-reactive ketones (excluding diaryl/α,β-unsaturated/α-hetero) is 1. The van der Waals surface area contributed by atoms with Crippen LogP contribution < -0.4 is 10.1 Å². The van der Waals surface area contributed by atoms with Crippen molar-refractivity contribution in [3.63, 3.8) is 0 Å². The second kappa shape index (κ2) is 6.27. The van der Waals surface area contributed by atoms with Gasteiger partial charge < -0.3 is 10.1 Å². The predicted octanol–water partition coefficient (Wildman–Crippen LogP) is 3.03. The molecule has 2 aliphatic heterocycles. The van der Waals surface area contributed by atoms with Crippen LogP contribution in [0.1, 0.15) is 36.8 Å². The Kier molecular flexibility index (Phi) is 4.41. The second-order valence-corrected chi connectivity index (χ2v) is 6.57. The van der Waals surface area contributed by atoms with Crippen molar-refractivity contribution in [2.45, 2.75) is 44.6 Å². The van der Waals surface area contributed by atoms with Crippen molar-refractivity contribution >= 4 is 21.7 Å². The molecule has 0 saturated carbocycles. The van der Waals surface area contributed by atoms with E-state index in [1.807, 2.05) is 6.07 Å². The number of carbonyl (C=O) groups excluding carboxylic acids is 1. The molecule has 0 radical (unpaired) electrons. The Bertz CT molecular complexity index is 507. The normalized spacial score (nSPS) is 21.9. The molecule has 0 aliphatic carbocycles. The maximum absolute atomic E-state index is 12.5. The fourth-order valence-electron chi connectivity index (χ4n) is 3.09. The van der Waals surface area contributed by atoms with Gasteiger partial charge in [0.1, 0.15) is 5.75 Å². The summed E-state index contributed by atoms with van der Waals surface area (Å²) in [5.74, 6) is 1.23. The van der Waals surface area contributed by atoms with Gasteiger partial charge in [0, 0.05) is 22.9 Å². The van der Waals surface area contributed by atoms with Crippen LogP contribution in [0.4, 0.5) is 0 Å². The molecule has 3 nitrogen and oxygen atoms in total. The lowest BCUT2D eigenvalue weighted by molar-refractivity contribution is -0.120. The highest BCUT2D eigenvalue weighted by molar-refractivity contribution is 9.10. The molecule has 1 fully saturated rings. The van der Waals surface area contributed by atoms with Crippen LogP contribution in [0.5, 0.6) is 5.75 Å². The molecule has 4 heteroatoms. The van der Waals surface area contributed by atoms with Gasteiger partial charge in [0.15, 0.2) is 5.78 Å². The molecule has 2 heterocycles. The monoisotopic (exact) mass is 337 g/mol. The van der Waals surface area contributed by atoms with E-state index in [1.54, 1.807) is 0 Å². The number of hydrogen-bond donors (Lipinski definition) is 1. The fraction of sp³-hybridized carbons (Fsp3) is 0.562. The van der Waals surface area contributed by atoms with E-state index in [-0.39, 0.29) is 6.04 Å². The Morgan fingerprint density at radius 1 is 1.35 bits per heavy atom. The molecule has 1 unspecified atom stereocenters. The summed E-state index contributed by atoms with van der Waals surface area (Å²) in [6.07, 6.45) is 5.94. The number of fused-ring (bicyclic) bond motifs is 1. The van der Waals surface area contributed by atoms with Crippen molar-refractivity contribution in [1.82, 2.24) is 5.32 Å². The van der Waals surface area contributed by atoms with E-state index < -0.39 is 0 Å². The topological polar surface area (TPSA) is 38.3 Å². The third kappa shape index (κ3) is 3.07. The number of ketones is 1. The molecule has 0 aromatic heterocycles. The van der Waals surface area contributed by atoms with Crippen LogP contribution in [-0.4, -0.2) is 25.0 Å². The van der Waals surface area contributed by atoms with Gasteiger partial charge in [0.25, 0.3) is 0 Å². The average molecular weight is 338 g/mol. The number of benzene rings is 1. The Balaban J connectivity index is 1.75. The maximum atomic E-state index is 12.5. The second-order valence-electron chi connectivity index (χ2n) is 5.65. The highest BCUT2D eigenvalue weighted by Gasteiger charge is 2.23. The SMILES string of the molecule is O=C(Cc1cc(Br)cc2c1OCC2)C1CCCCCN1. The summed E-state index contributed by atoms with van der Waals surface area (Å²) in [6, 6.07) is 4.15. The Labute approximate surface area is 128 Å². The van der Waals surface area contributed by atoms with Crippen molar-refractivity contribution in [2.75, 3.05) is 13.2 Å². The van der Waals surface area contributed by atoms with E-state index in [4.69, 9.17) is 4.74 Å². The molecule has 0 amide bonds. The van der Waals surface area contributed by atoms with Crippen LogP contribution in [0.25, 0.3) is 0 Å². The third-order valence-corrected chi connectivity index (χ3v) is 4.60. The molecular weight excluding hydrogens is 318 g/mol. The van der Waals surface area contributed by atoms with Gasteiger partial charge >= 0.3 is 0 Å². The van der Waals surface area contributed by atoms with Crippen LogP contribution in [0.3, 0.4) is 0 Å². The van der Waals surface area contributed by atoms with E-state index in [0.717, 1.165) is 48.2 Å². The summed E-state index contributed by atoms with van der Waals surface area (Å²) in [7, 11) is 0. The zero-order valence-electron chi connectivity index (χ0n) is 11.6. The Hall–Kier alpha value is -0.870. The number of hydrogen-bond acceptors (Lipinski definition) is 3. The lowest BCUT2D eigenvalue weighted by Gasteiger charge is -2.15. The van der Waals surface area contributed by atoms with Gasteiger partial charge in [-0.15, -0.1) is 0 Å². The lowest BCUT2D eigenvalue weighted by Crippen LogP contribution is -2.37. The standard InChI is InChI=1S/C16H20BrNO2/c17-13-8-11-5-7-20-16(11)12(9-13)10-15(19)14-4-2-1-3-6-18-14/h8-9,14,18H,1-7,10H2. The van der Waals surface area contributed by atoms with Crippen molar-refractivity contribution < 1.29 is 9.53 Å². The highest BCUT2D eigenvalue weighted by atomic mass is 79.9. The van der Waals surface area contributed by atoms with Crippen LogP contribution in [-0.2, 0) is 17.6 Å². The van der Waals surface area contributed by atoms with Gasteiger partial charge in [0.2, 0.25) is 0 Å².